The lowest BCUT2D eigenvalue weighted by Crippen LogP contribution is -1.98. The molecule has 0 unspecified atom stereocenters. The topological polar surface area (TPSA) is 66.0 Å². The highest BCUT2D eigenvalue weighted by atomic mass is 35.5. The standard InChI is InChI=1S/C13H8ClFN2O2S/c1-5-4-20-11(9(5)14)12-16-8-3-6(15)2-7(13(18)19)10(8)17-12/h2-4H,1H3,(H,16,17)(H,18,19). The maximum atomic E-state index is 13.4. The zero-order valence-electron chi connectivity index (χ0n) is 10.2. The van der Waals surface area contributed by atoms with Gasteiger partial charge < -0.3 is 10.1 Å². The van der Waals surface area contributed by atoms with Crippen LogP contribution in [0.25, 0.3) is 21.7 Å². The van der Waals surface area contributed by atoms with Crippen LogP contribution in [0.4, 0.5) is 4.39 Å². The normalized spacial score (nSPS) is 11.2. The SMILES string of the molecule is Cc1csc(-c2nc3c(C(=O)O)cc(F)cc3[nH]2)c1Cl. The van der Waals surface area contributed by atoms with E-state index in [1.54, 1.807) is 0 Å². The predicted molar refractivity (Wildman–Crippen MR) is 76.1 cm³/mol. The fraction of sp³-hybridized carbons (Fsp3) is 0.0769. The van der Waals surface area contributed by atoms with Crippen LogP contribution in [0.15, 0.2) is 17.5 Å². The number of fused-ring (bicyclic) bond motifs is 1. The van der Waals surface area contributed by atoms with Gasteiger partial charge in [-0.25, -0.2) is 14.2 Å². The summed E-state index contributed by atoms with van der Waals surface area (Å²) in [4.78, 5) is 19.0. The molecule has 3 rings (SSSR count). The summed E-state index contributed by atoms with van der Waals surface area (Å²) in [6.45, 7) is 1.87. The van der Waals surface area contributed by atoms with Crippen LogP contribution in [-0.2, 0) is 0 Å². The minimum absolute atomic E-state index is 0.174. The van der Waals surface area contributed by atoms with Gasteiger partial charge in [-0.15, -0.1) is 11.3 Å². The number of nitrogens with zero attached hydrogens (tertiary/aromatic N) is 1. The summed E-state index contributed by atoms with van der Waals surface area (Å²) in [6, 6.07) is 2.17. The average molecular weight is 311 g/mol. The third-order valence-corrected chi connectivity index (χ3v) is 4.60. The smallest absolute Gasteiger partial charge is 0.338 e. The molecule has 1 aromatic carbocycles. The van der Waals surface area contributed by atoms with Crippen molar-refractivity contribution in [3.8, 4) is 10.7 Å². The number of carboxylic acid groups (broad SMARTS) is 1. The Morgan fingerprint density at radius 3 is 2.85 bits per heavy atom. The lowest BCUT2D eigenvalue weighted by molar-refractivity contribution is 0.0698. The fourth-order valence-corrected chi connectivity index (χ4v) is 3.17. The molecule has 0 bridgehead atoms. The third-order valence-electron chi connectivity index (χ3n) is 2.90. The van der Waals surface area contributed by atoms with E-state index >= 15 is 0 Å². The molecule has 2 aromatic heterocycles. The first-order chi connectivity index (χ1) is 9.47. The lowest BCUT2D eigenvalue weighted by Gasteiger charge is -1.95. The number of aromatic amines is 1. The molecule has 0 aliphatic heterocycles. The molecule has 0 fully saturated rings. The number of hydrogen-bond donors (Lipinski definition) is 2. The second-order valence-corrected chi connectivity index (χ2v) is 5.56. The Morgan fingerprint density at radius 2 is 2.25 bits per heavy atom. The van der Waals surface area contributed by atoms with E-state index in [0.29, 0.717) is 21.2 Å². The van der Waals surface area contributed by atoms with Crippen molar-refractivity contribution in [1.29, 1.82) is 0 Å². The molecule has 102 valence electrons. The second kappa shape index (κ2) is 4.57. The number of rotatable bonds is 2. The first-order valence-electron chi connectivity index (χ1n) is 5.64. The Balaban J connectivity index is 2.28. The van der Waals surface area contributed by atoms with Crippen LogP contribution in [0.2, 0.25) is 5.02 Å². The van der Waals surface area contributed by atoms with E-state index in [9.17, 15) is 9.18 Å². The number of aryl methyl sites for hydroxylation is 1. The molecule has 7 heteroatoms. The van der Waals surface area contributed by atoms with Crippen LogP contribution in [0.5, 0.6) is 0 Å². The zero-order chi connectivity index (χ0) is 14.4. The van der Waals surface area contributed by atoms with E-state index in [0.717, 1.165) is 11.6 Å². The Hall–Kier alpha value is -1.92. The molecular weight excluding hydrogens is 303 g/mol. The largest absolute Gasteiger partial charge is 0.478 e. The van der Waals surface area contributed by atoms with Crippen molar-refractivity contribution >= 4 is 39.9 Å². The van der Waals surface area contributed by atoms with Crippen molar-refractivity contribution in [2.45, 2.75) is 6.92 Å². The van der Waals surface area contributed by atoms with Gasteiger partial charge in [0.15, 0.2) is 0 Å². The molecule has 0 atom stereocenters. The number of benzene rings is 1. The fourth-order valence-electron chi connectivity index (χ4n) is 1.94. The first kappa shape index (κ1) is 13.1. The molecule has 2 N–H and O–H groups in total. The number of H-pyrrole nitrogens is 1. The van der Waals surface area contributed by atoms with E-state index in [1.807, 2.05) is 12.3 Å². The minimum Gasteiger partial charge on any atom is -0.478 e. The maximum Gasteiger partial charge on any atom is 0.338 e. The minimum atomic E-state index is -1.22. The molecule has 0 spiro atoms. The van der Waals surface area contributed by atoms with Gasteiger partial charge in [-0.1, -0.05) is 11.6 Å². The number of imidazole rings is 1. The summed E-state index contributed by atoms with van der Waals surface area (Å²) in [6.07, 6.45) is 0. The summed E-state index contributed by atoms with van der Waals surface area (Å²) in [7, 11) is 0. The molecular formula is C13H8ClFN2O2S. The average Bonchev–Trinajstić information content (AvgIpc) is 2.93. The van der Waals surface area contributed by atoms with E-state index < -0.39 is 11.8 Å². The quantitative estimate of drug-likeness (QED) is 0.749. The predicted octanol–water partition coefficient (Wildman–Crippen LogP) is 4.09. The number of hydrogen-bond acceptors (Lipinski definition) is 3. The van der Waals surface area contributed by atoms with Gasteiger partial charge in [0, 0.05) is 0 Å². The lowest BCUT2D eigenvalue weighted by atomic mass is 10.2. The monoisotopic (exact) mass is 310 g/mol. The maximum absolute atomic E-state index is 13.4. The number of halogens is 2. The highest BCUT2D eigenvalue weighted by molar-refractivity contribution is 7.14. The number of carboxylic acids is 1. The molecule has 2 heterocycles. The Kier molecular flexibility index (Phi) is 2.99. The van der Waals surface area contributed by atoms with Gasteiger partial charge in [0.05, 0.1) is 21.0 Å². The van der Waals surface area contributed by atoms with Crippen LogP contribution < -0.4 is 0 Å². The first-order valence-corrected chi connectivity index (χ1v) is 6.89. The Labute approximate surface area is 121 Å². The molecule has 4 nitrogen and oxygen atoms in total. The van der Waals surface area contributed by atoms with Gasteiger partial charge in [0.2, 0.25) is 0 Å². The molecule has 20 heavy (non-hydrogen) atoms. The van der Waals surface area contributed by atoms with Crippen molar-refractivity contribution in [1.82, 2.24) is 9.97 Å². The molecule has 0 aliphatic rings. The second-order valence-electron chi connectivity index (χ2n) is 4.30. The van der Waals surface area contributed by atoms with Crippen LogP contribution in [0.1, 0.15) is 15.9 Å². The van der Waals surface area contributed by atoms with Gasteiger partial charge >= 0.3 is 5.97 Å². The summed E-state index contributed by atoms with van der Waals surface area (Å²) >= 11 is 7.56. The number of carbonyl (C=O) groups is 1. The van der Waals surface area contributed by atoms with Crippen molar-refractivity contribution in [2.75, 3.05) is 0 Å². The molecule has 0 saturated carbocycles. The summed E-state index contributed by atoms with van der Waals surface area (Å²) in [5.41, 5.74) is 1.29. The Bertz CT molecular complexity index is 840. The summed E-state index contributed by atoms with van der Waals surface area (Å²) in [5, 5.41) is 11.5. The number of aromatic nitrogens is 2. The van der Waals surface area contributed by atoms with E-state index in [1.165, 1.54) is 17.4 Å². The van der Waals surface area contributed by atoms with Crippen LogP contribution in [0, 0.1) is 12.7 Å². The molecule has 3 aromatic rings. The molecule has 0 aliphatic carbocycles. The van der Waals surface area contributed by atoms with Gasteiger partial charge in [0.25, 0.3) is 0 Å². The summed E-state index contributed by atoms with van der Waals surface area (Å²) in [5.74, 6) is -1.41. The van der Waals surface area contributed by atoms with Gasteiger partial charge in [-0.2, -0.15) is 0 Å². The third kappa shape index (κ3) is 1.97. The molecule has 0 saturated heterocycles. The van der Waals surface area contributed by atoms with E-state index in [4.69, 9.17) is 16.7 Å². The number of thiophene rings is 1. The van der Waals surface area contributed by atoms with Crippen molar-refractivity contribution in [3.05, 3.63) is 39.5 Å². The zero-order valence-corrected chi connectivity index (χ0v) is 11.8. The van der Waals surface area contributed by atoms with E-state index in [-0.39, 0.29) is 11.1 Å². The van der Waals surface area contributed by atoms with Crippen molar-refractivity contribution in [3.63, 3.8) is 0 Å². The van der Waals surface area contributed by atoms with Crippen molar-refractivity contribution in [2.24, 2.45) is 0 Å². The Morgan fingerprint density at radius 1 is 1.50 bits per heavy atom. The highest BCUT2D eigenvalue weighted by Crippen LogP contribution is 2.36. The van der Waals surface area contributed by atoms with Gasteiger partial charge in [-0.3, -0.25) is 0 Å². The number of aromatic carboxylic acids is 1. The van der Waals surface area contributed by atoms with Crippen LogP contribution in [0.3, 0.4) is 0 Å². The van der Waals surface area contributed by atoms with Gasteiger partial charge in [-0.05, 0) is 30.0 Å². The van der Waals surface area contributed by atoms with Gasteiger partial charge in [0.1, 0.15) is 17.2 Å². The molecule has 0 radical (unpaired) electrons. The highest BCUT2D eigenvalue weighted by Gasteiger charge is 2.18. The summed E-state index contributed by atoms with van der Waals surface area (Å²) < 4.78 is 13.4. The van der Waals surface area contributed by atoms with Crippen molar-refractivity contribution < 1.29 is 14.3 Å². The van der Waals surface area contributed by atoms with E-state index in [2.05, 4.69) is 9.97 Å². The number of nitrogens with one attached hydrogen (secondary N) is 1. The van der Waals surface area contributed by atoms with Crippen LogP contribution in [-0.4, -0.2) is 21.0 Å². The molecule has 0 amide bonds. The van der Waals surface area contributed by atoms with Crippen LogP contribution >= 0.6 is 22.9 Å².